The third kappa shape index (κ3) is 28.6. The van der Waals surface area contributed by atoms with E-state index < -0.39 is 98.1 Å². The fourth-order valence-corrected chi connectivity index (χ4v) is 17.3. The van der Waals surface area contributed by atoms with Crippen LogP contribution >= 0.6 is 0 Å². The molecule has 0 saturated carbocycles. The number of hydrogen-bond acceptors (Lipinski definition) is 32. The van der Waals surface area contributed by atoms with Crippen LogP contribution in [0.2, 0.25) is 0 Å². The smallest absolute Gasteiger partial charge is 0.344 e. The third-order valence-electron chi connectivity index (χ3n) is 24.4. The van der Waals surface area contributed by atoms with Crippen molar-refractivity contribution >= 4 is 94.4 Å². The lowest BCUT2D eigenvalue weighted by Gasteiger charge is -2.31. The molecule has 0 unspecified atom stereocenters. The number of esters is 12. The van der Waals surface area contributed by atoms with E-state index in [-0.39, 0.29) is 172 Å². The highest BCUT2D eigenvalue weighted by Crippen LogP contribution is 2.46. The Morgan fingerprint density at radius 1 is 0.196 bits per heavy atom. The topological polar surface area (TPSA) is 365 Å². The van der Waals surface area contributed by atoms with Gasteiger partial charge in [0.25, 0.3) is 0 Å². The quantitative estimate of drug-likeness (QED) is 0.0253. The summed E-state index contributed by atoms with van der Waals surface area (Å²) in [5.74, 6) is -7.22. The van der Waals surface area contributed by atoms with Crippen molar-refractivity contribution < 1.29 is 133 Å². The number of methoxy groups -OCH3 is 8. The predicted molar refractivity (Wildman–Crippen MR) is 547 cm³/mol. The zero-order valence-electron chi connectivity index (χ0n) is 84.5. The van der Waals surface area contributed by atoms with Gasteiger partial charge in [0.05, 0.1) is 128 Å². The Balaban J connectivity index is 1.22. The molecule has 0 radical (unpaired) electrons. The van der Waals surface area contributed by atoms with Gasteiger partial charge in [-0.25, -0.2) is 57.5 Å². The molecule has 12 aromatic carbocycles. The van der Waals surface area contributed by atoms with E-state index in [1.165, 1.54) is 56.9 Å². The largest absolute Gasteiger partial charge is 0.481 e. The summed E-state index contributed by atoms with van der Waals surface area (Å²) in [6.07, 6.45) is -0.974. The Morgan fingerprint density at radius 3 is 0.426 bits per heavy atom. The Bertz CT molecular complexity index is 5600. The second kappa shape index (κ2) is 52.3. The molecule has 1 aliphatic carbocycles. The highest BCUT2D eigenvalue weighted by Gasteiger charge is 2.32. The van der Waals surface area contributed by atoms with Crippen molar-refractivity contribution in [1.82, 2.24) is 0 Å². The van der Waals surface area contributed by atoms with Crippen molar-refractivity contribution in [2.45, 2.75) is 106 Å². The average molecular weight is 2010 g/mol. The molecule has 0 aromatic heterocycles. The van der Waals surface area contributed by atoms with Gasteiger partial charge in [0, 0.05) is 145 Å². The number of hydrogen-bond donors (Lipinski definition) is 0. The minimum absolute atomic E-state index is 0.0527. The van der Waals surface area contributed by atoms with Crippen LogP contribution in [-0.4, -0.2) is 181 Å². The lowest BCUT2D eigenvalue weighted by molar-refractivity contribution is -0.146. The summed E-state index contributed by atoms with van der Waals surface area (Å²) in [6.45, 7) is 4.39. The van der Waals surface area contributed by atoms with Gasteiger partial charge in [0.15, 0.2) is 26.4 Å². The van der Waals surface area contributed by atoms with E-state index in [1.807, 2.05) is 48.5 Å². The average Bonchev–Trinajstić information content (AvgIpc) is 0.758. The van der Waals surface area contributed by atoms with Gasteiger partial charge in [-0.15, -0.1) is 0 Å². The van der Waals surface area contributed by atoms with Crippen LogP contribution in [0.25, 0.3) is 0 Å². The van der Waals surface area contributed by atoms with Crippen LogP contribution in [0.1, 0.15) is 200 Å². The van der Waals surface area contributed by atoms with Crippen LogP contribution in [0.5, 0.6) is 23.0 Å². The SMILES string of the molecule is CCOC(=O)COc1c2cc(N(Cc3ccc(C(=O)OC)cc3)Cc3ccc(C(=O)OC)cc3)cc1Cc1cc(N(Cc3ccc(C(=O)OC)cc3)Cc3ccc(C(=O)OC)cc3)cc(c1OCC(=O)OCC)Cc1cc(N(Cc3ccc(C(=O)OC)cc3)Cc3ccc(C(=O)OC)cc3)cc(c1OCC(=O)OCC)Cc1cc(N(Cc3ccc(C(=O)OC)cc3)Cc3ccc(C(=O)OC)cc3)cc(c1OCC(=O)OCC)C2. The van der Waals surface area contributed by atoms with Gasteiger partial charge < -0.3 is 95.4 Å². The summed E-state index contributed by atoms with van der Waals surface area (Å²) in [7, 11) is 10.3. The number of carbonyl (C=O) groups is 12. The van der Waals surface area contributed by atoms with Crippen molar-refractivity contribution in [3.8, 4) is 23.0 Å². The van der Waals surface area contributed by atoms with Gasteiger partial charge >= 0.3 is 71.6 Å². The van der Waals surface area contributed by atoms with Crippen LogP contribution in [0, 0.1) is 0 Å². The summed E-state index contributed by atoms with van der Waals surface area (Å²) in [6, 6.07) is 70.3. The number of carbonyl (C=O) groups excluding carboxylic acids is 12. The number of nitrogens with zero attached hydrogens (tertiary/aromatic N) is 4. The van der Waals surface area contributed by atoms with Crippen molar-refractivity contribution in [3.63, 3.8) is 0 Å². The van der Waals surface area contributed by atoms with Crippen LogP contribution < -0.4 is 38.5 Å². The molecule has 0 atom stereocenters. The fraction of sp³-hybridized carbons (Fsp3) is 0.276. The zero-order chi connectivity index (χ0) is 105. The molecular formula is C116H116N4O28. The first-order valence-corrected chi connectivity index (χ1v) is 47.8. The number of fused-ring (bicyclic) bond motifs is 8. The van der Waals surface area contributed by atoms with Gasteiger partial charge in [0.2, 0.25) is 0 Å². The Hall–Kier alpha value is -17.3. The number of ether oxygens (including phenoxy) is 16. The molecule has 0 spiro atoms. The molecule has 8 bridgehead atoms. The summed E-state index contributed by atoms with van der Waals surface area (Å²) in [5, 5.41) is 0. The van der Waals surface area contributed by atoms with Crippen LogP contribution in [0.4, 0.5) is 22.7 Å². The fourth-order valence-electron chi connectivity index (χ4n) is 17.3. The Labute approximate surface area is 857 Å². The van der Waals surface area contributed by atoms with Gasteiger partial charge in [-0.05, 0) is 218 Å². The molecule has 0 fully saturated rings. The lowest BCUT2D eigenvalue weighted by Crippen LogP contribution is -2.25. The van der Waals surface area contributed by atoms with E-state index in [0.717, 1.165) is 0 Å². The standard InChI is InChI=1S/C116H116N4O28/c1-13-141-101(121)69-145-105-89-49-91-55-98(118(63-75-21-37-83(38-22-75)111(127)135-7)64-76-23-39-84(40-24-76)112(128)136-8)57-93(106(91)146-70-102(122)142-14-2)51-95-59-100(120(67-79-29-45-87(46-30-79)115(131)139-11)68-80-31-47-88(48-32-80)116(132)140-12)60-96(108(95)148-72-104(124)144-16-4)52-94-58-99(119(65-77-25-41-85(42-26-77)113(129)137-9)66-78-27-43-86(44-28-78)114(130)138-10)56-92(107(94)147-71-103(123)143-15-3)50-90(105)54-97(53-89)117(61-73-17-33-81(34-18-73)109(125)133-5)62-74-19-35-82(36-20-74)110(126)134-6/h17-48,53-60H,13-16,49-52,61-72H2,1-12H3. The molecule has 0 N–H and O–H groups in total. The van der Waals surface area contributed by atoms with Crippen molar-refractivity contribution in [3.05, 3.63) is 376 Å². The number of benzene rings is 12. The molecule has 0 saturated heterocycles. The van der Waals surface area contributed by atoms with Gasteiger partial charge in [-0.2, -0.15) is 0 Å². The van der Waals surface area contributed by atoms with Crippen LogP contribution in [0.15, 0.2) is 243 Å². The molecule has 148 heavy (non-hydrogen) atoms. The van der Waals surface area contributed by atoms with E-state index in [0.29, 0.717) is 112 Å². The second-order valence-electron chi connectivity index (χ2n) is 34.4. The number of rotatable bonds is 44. The first-order valence-electron chi connectivity index (χ1n) is 47.8. The number of anilines is 4. The maximum absolute atomic E-state index is 14.6. The second-order valence-corrected chi connectivity index (χ2v) is 34.4. The summed E-state index contributed by atoms with van der Waals surface area (Å²) >= 11 is 0. The van der Waals surface area contributed by atoms with Gasteiger partial charge in [0.1, 0.15) is 23.0 Å². The van der Waals surface area contributed by atoms with E-state index in [1.54, 1.807) is 222 Å². The highest BCUT2D eigenvalue weighted by atomic mass is 16.6. The zero-order valence-corrected chi connectivity index (χ0v) is 84.5. The summed E-state index contributed by atoms with van der Waals surface area (Å²) < 4.78 is 93.2. The molecule has 768 valence electrons. The summed E-state index contributed by atoms with van der Waals surface area (Å²) in [4.78, 5) is 173. The molecule has 13 rings (SSSR count). The van der Waals surface area contributed by atoms with E-state index >= 15 is 0 Å². The molecule has 1 aliphatic rings. The van der Waals surface area contributed by atoms with Crippen molar-refractivity contribution in [2.75, 3.05) is 129 Å². The minimum Gasteiger partial charge on any atom is -0.481 e. The molecular weight excluding hydrogens is 1900 g/mol. The van der Waals surface area contributed by atoms with E-state index in [9.17, 15) is 57.5 Å². The minimum atomic E-state index is -0.763. The van der Waals surface area contributed by atoms with Gasteiger partial charge in [-0.1, -0.05) is 97.1 Å². The first kappa shape index (κ1) is 108. The molecule has 12 aromatic rings. The molecule has 0 aliphatic heterocycles. The molecule has 32 nitrogen and oxygen atoms in total. The molecule has 0 heterocycles. The maximum atomic E-state index is 14.6. The summed E-state index contributed by atoms with van der Waals surface area (Å²) in [5.41, 5.74) is 12.6. The van der Waals surface area contributed by atoms with E-state index in [4.69, 9.17) is 75.8 Å². The van der Waals surface area contributed by atoms with Crippen LogP contribution in [-0.2, 0) is 154 Å². The Morgan fingerprint density at radius 2 is 0.318 bits per heavy atom. The van der Waals surface area contributed by atoms with Gasteiger partial charge in [-0.3, -0.25) is 0 Å². The molecule has 0 amide bonds. The predicted octanol–water partition coefficient (Wildman–Crippen LogP) is 17.3. The monoisotopic (exact) mass is 2010 g/mol. The third-order valence-corrected chi connectivity index (χ3v) is 24.4. The maximum Gasteiger partial charge on any atom is 0.344 e. The highest BCUT2D eigenvalue weighted by molar-refractivity contribution is 5.94. The molecule has 32 heteroatoms. The Kier molecular flexibility index (Phi) is 38.1. The van der Waals surface area contributed by atoms with Crippen molar-refractivity contribution in [1.29, 1.82) is 0 Å². The van der Waals surface area contributed by atoms with Crippen molar-refractivity contribution in [2.24, 2.45) is 0 Å². The lowest BCUT2D eigenvalue weighted by atomic mass is 9.89. The van der Waals surface area contributed by atoms with Crippen LogP contribution in [0.3, 0.4) is 0 Å². The normalized spacial score (nSPS) is 11.2. The van der Waals surface area contributed by atoms with E-state index in [2.05, 4.69) is 19.6 Å². The first-order chi connectivity index (χ1) is 71.6.